The van der Waals surface area contributed by atoms with Gasteiger partial charge in [0.05, 0.1) is 22.2 Å². The number of nitrogens with one attached hydrogen (secondary N) is 1. The van der Waals surface area contributed by atoms with E-state index in [1.54, 1.807) is 6.07 Å². The molecule has 0 aromatic heterocycles. The zero-order valence-corrected chi connectivity index (χ0v) is 11.0. The number of methoxy groups -OCH3 is 1. The smallest absolute Gasteiger partial charge is 0.334 e. The zero-order chi connectivity index (χ0) is 13.7. The summed E-state index contributed by atoms with van der Waals surface area (Å²) in [5, 5.41) is 11.5. The van der Waals surface area contributed by atoms with Gasteiger partial charge in [0.2, 0.25) is 0 Å². The molecule has 2 N–H and O–H groups in total. The lowest BCUT2D eigenvalue weighted by atomic mass is 10.2. The van der Waals surface area contributed by atoms with Gasteiger partial charge in [-0.25, -0.2) is 4.79 Å². The molecule has 0 aliphatic rings. The van der Waals surface area contributed by atoms with Crippen LogP contribution in [-0.4, -0.2) is 36.7 Å². The lowest BCUT2D eigenvalue weighted by Gasteiger charge is -2.12. The number of ether oxygens (including phenoxy) is 1. The Labute approximate surface area is 114 Å². The molecule has 98 valence electrons. The van der Waals surface area contributed by atoms with Gasteiger partial charge in [-0.15, -0.1) is 0 Å². The molecule has 1 aromatic carbocycles. The Hall–Kier alpha value is -1.30. The molecule has 1 aromatic rings. The number of hydrogen-bond acceptors (Lipinski definition) is 3. The molecule has 0 aliphatic carbocycles. The van der Waals surface area contributed by atoms with Crippen molar-refractivity contribution in [2.45, 2.75) is 6.10 Å². The summed E-state index contributed by atoms with van der Waals surface area (Å²) in [5.41, 5.74) is 0.112. The quantitative estimate of drug-likeness (QED) is 0.868. The maximum absolute atomic E-state index is 11.8. The standard InChI is InChI=1S/C11H11Cl2NO4/c1-18-8(11(16)17)5-14-10(15)9-6(12)3-2-4-7(9)13/h2-4,8H,5H2,1H3,(H,14,15)(H,16,17). The van der Waals surface area contributed by atoms with Crippen molar-refractivity contribution in [2.75, 3.05) is 13.7 Å². The van der Waals surface area contributed by atoms with Crippen molar-refractivity contribution in [1.82, 2.24) is 5.32 Å². The van der Waals surface area contributed by atoms with Crippen LogP contribution in [0.1, 0.15) is 10.4 Å². The van der Waals surface area contributed by atoms with Crippen LogP contribution in [0.5, 0.6) is 0 Å². The fourth-order valence-electron chi connectivity index (χ4n) is 1.26. The van der Waals surface area contributed by atoms with Gasteiger partial charge in [-0.2, -0.15) is 0 Å². The number of carbonyl (C=O) groups is 2. The Morgan fingerprint density at radius 3 is 2.39 bits per heavy atom. The lowest BCUT2D eigenvalue weighted by molar-refractivity contribution is -0.147. The van der Waals surface area contributed by atoms with Crippen molar-refractivity contribution < 1.29 is 19.4 Å². The Balaban J connectivity index is 2.74. The van der Waals surface area contributed by atoms with Crippen LogP contribution in [0.3, 0.4) is 0 Å². The third-order valence-corrected chi connectivity index (χ3v) is 2.83. The molecule has 0 heterocycles. The van der Waals surface area contributed by atoms with E-state index in [4.69, 9.17) is 28.3 Å². The first-order valence-electron chi connectivity index (χ1n) is 4.95. The number of rotatable bonds is 5. The van der Waals surface area contributed by atoms with Gasteiger partial charge in [0.15, 0.2) is 6.10 Å². The highest BCUT2D eigenvalue weighted by Crippen LogP contribution is 2.23. The van der Waals surface area contributed by atoms with E-state index < -0.39 is 18.0 Å². The fraction of sp³-hybridized carbons (Fsp3) is 0.273. The van der Waals surface area contributed by atoms with Crippen LogP contribution in [-0.2, 0) is 9.53 Å². The van der Waals surface area contributed by atoms with E-state index in [0.717, 1.165) is 0 Å². The van der Waals surface area contributed by atoms with Gasteiger partial charge < -0.3 is 15.2 Å². The van der Waals surface area contributed by atoms with Crippen molar-refractivity contribution >= 4 is 35.1 Å². The van der Waals surface area contributed by atoms with Crippen LogP contribution in [0.2, 0.25) is 10.0 Å². The second-order valence-corrected chi connectivity index (χ2v) is 4.18. The molecule has 1 rings (SSSR count). The summed E-state index contributed by atoms with van der Waals surface area (Å²) in [6, 6.07) is 4.65. The largest absolute Gasteiger partial charge is 0.479 e. The van der Waals surface area contributed by atoms with E-state index in [-0.39, 0.29) is 22.2 Å². The number of aliphatic carboxylic acids is 1. The summed E-state index contributed by atoms with van der Waals surface area (Å²) in [4.78, 5) is 22.5. The summed E-state index contributed by atoms with van der Waals surface area (Å²) >= 11 is 11.7. The van der Waals surface area contributed by atoms with Gasteiger partial charge in [-0.05, 0) is 12.1 Å². The average Bonchev–Trinajstić information content (AvgIpc) is 2.29. The van der Waals surface area contributed by atoms with Crippen LogP contribution in [0.15, 0.2) is 18.2 Å². The van der Waals surface area contributed by atoms with Gasteiger partial charge in [0, 0.05) is 7.11 Å². The van der Waals surface area contributed by atoms with Crippen LogP contribution in [0.4, 0.5) is 0 Å². The molecule has 0 saturated carbocycles. The minimum absolute atomic E-state index is 0.112. The highest BCUT2D eigenvalue weighted by Gasteiger charge is 2.19. The van der Waals surface area contributed by atoms with E-state index in [0.29, 0.717) is 0 Å². The molecule has 1 amide bonds. The molecule has 0 radical (unpaired) electrons. The molecule has 0 fully saturated rings. The lowest BCUT2D eigenvalue weighted by Crippen LogP contribution is -2.38. The van der Waals surface area contributed by atoms with E-state index in [1.165, 1.54) is 19.2 Å². The van der Waals surface area contributed by atoms with Gasteiger partial charge in [-0.3, -0.25) is 4.79 Å². The molecular formula is C11H11Cl2NO4. The van der Waals surface area contributed by atoms with E-state index >= 15 is 0 Å². The molecule has 0 saturated heterocycles. The number of carboxylic acids is 1. The van der Waals surface area contributed by atoms with Crippen molar-refractivity contribution in [3.8, 4) is 0 Å². The number of benzene rings is 1. The Kier molecular flexibility index (Phi) is 5.40. The highest BCUT2D eigenvalue weighted by molar-refractivity contribution is 6.39. The summed E-state index contributed by atoms with van der Waals surface area (Å²) in [6.45, 7) is -0.174. The third kappa shape index (κ3) is 3.60. The summed E-state index contributed by atoms with van der Waals surface area (Å²) in [6.07, 6.45) is -1.12. The second-order valence-electron chi connectivity index (χ2n) is 3.37. The molecule has 0 bridgehead atoms. The first-order chi connectivity index (χ1) is 8.47. The Morgan fingerprint density at radius 1 is 1.39 bits per heavy atom. The number of halogens is 2. The molecule has 1 unspecified atom stereocenters. The molecule has 0 spiro atoms. The Bertz CT molecular complexity index is 444. The molecular weight excluding hydrogens is 281 g/mol. The topological polar surface area (TPSA) is 75.6 Å². The minimum atomic E-state index is -1.16. The second kappa shape index (κ2) is 6.58. The molecule has 1 atom stereocenters. The monoisotopic (exact) mass is 291 g/mol. The highest BCUT2D eigenvalue weighted by atomic mass is 35.5. The first kappa shape index (κ1) is 14.8. The first-order valence-corrected chi connectivity index (χ1v) is 5.70. The number of hydrogen-bond donors (Lipinski definition) is 2. The number of carbonyl (C=O) groups excluding carboxylic acids is 1. The van der Waals surface area contributed by atoms with Crippen LogP contribution < -0.4 is 5.32 Å². The van der Waals surface area contributed by atoms with Crippen LogP contribution >= 0.6 is 23.2 Å². The van der Waals surface area contributed by atoms with Crippen LogP contribution in [0.25, 0.3) is 0 Å². The van der Waals surface area contributed by atoms with Crippen molar-refractivity contribution in [3.05, 3.63) is 33.8 Å². The van der Waals surface area contributed by atoms with Gasteiger partial charge >= 0.3 is 5.97 Å². The van der Waals surface area contributed by atoms with Gasteiger partial charge in [0.1, 0.15) is 0 Å². The number of amides is 1. The minimum Gasteiger partial charge on any atom is -0.479 e. The fourth-order valence-corrected chi connectivity index (χ4v) is 1.83. The predicted molar refractivity (Wildman–Crippen MR) is 67.2 cm³/mol. The van der Waals surface area contributed by atoms with Crippen molar-refractivity contribution in [1.29, 1.82) is 0 Å². The summed E-state index contributed by atoms with van der Waals surface area (Å²) < 4.78 is 4.68. The maximum Gasteiger partial charge on any atom is 0.334 e. The molecule has 5 nitrogen and oxygen atoms in total. The summed E-state index contributed by atoms with van der Waals surface area (Å²) in [5.74, 6) is -1.71. The predicted octanol–water partition coefficient (Wildman–Crippen LogP) is 1.82. The zero-order valence-electron chi connectivity index (χ0n) is 9.44. The van der Waals surface area contributed by atoms with Crippen molar-refractivity contribution in [2.24, 2.45) is 0 Å². The normalized spacial score (nSPS) is 11.9. The summed E-state index contributed by atoms with van der Waals surface area (Å²) in [7, 11) is 1.24. The van der Waals surface area contributed by atoms with Gasteiger partial charge in [0.25, 0.3) is 5.91 Å². The maximum atomic E-state index is 11.8. The molecule has 7 heteroatoms. The number of carboxylic acid groups (broad SMARTS) is 1. The van der Waals surface area contributed by atoms with Crippen molar-refractivity contribution in [3.63, 3.8) is 0 Å². The molecule has 18 heavy (non-hydrogen) atoms. The van der Waals surface area contributed by atoms with E-state index in [1.807, 2.05) is 0 Å². The molecule has 0 aliphatic heterocycles. The Morgan fingerprint density at radius 2 is 1.94 bits per heavy atom. The SMILES string of the molecule is COC(CNC(=O)c1c(Cl)cccc1Cl)C(=O)O. The van der Waals surface area contributed by atoms with Crippen LogP contribution in [0, 0.1) is 0 Å². The van der Waals surface area contributed by atoms with E-state index in [2.05, 4.69) is 10.1 Å². The third-order valence-electron chi connectivity index (χ3n) is 2.20. The van der Waals surface area contributed by atoms with E-state index in [9.17, 15) is 9.59 Å². The van der Waals surface area contributed by atoms with Gasteiger partial charge in [-0.1, -0.05) is 29.3 Å². The average molecular weight is 292 g/mol.